The number of rotatable bonds is 5. The molecule has 3 aromatic heterocycles. The Balaban J connectivity index is 1.90. The van der Waals surface area contributed by atoms with Gasteiger partial charge in [-0.3, -0.25) is 4.98 Å². The zero-order valence-corrected chi connectivity index (χ0v) is 13.9. The van der Waals surface area contributed by atoms with Crippen LogP contribution in [0.25, 0.3) is 10.6 Å². The number of hydrogen-bond acceptors (Lipinski definition) is 7. The Labute approximate surface area is 142 Å². The zero-order chi connectivity index (χ0) is 17.1. The van der Waals surface area contributed by atoms with Crippen LogP contribution in [0.5, 0.6) is 11.5 Å². The van der Waals surface area contributed by atoms with Crippen molar-refractivity contribution in [3.8, 4) is 22.1 Å². The van der Waals surface area contributed by atoms with Crippen LogP contribution >= 0.6 is 11.3 Å². The van der Waals surface area contributed by atoms with Crippen molar-refractivity contribution in [1.82, 2.24) is 15.0 Å². The fourth-order valence-electron chi connectivity index (χ4n) is 2.14. The van der Waals surface area contributed by atoms with Crippen LogP contribution in [0.4, 0.5) is 5.82 Å². The molecule has 0 amide bonds. The molecule has 0 radical (unpaired) electrons. The first kappa shape index (κ1) is 16.0. The maximum absolute atomic E-state index is 10.8. The summed E-state index contributed by atoms with van der Waals surface area (Å²) in [5.41, 5.74) is 1.31. The molecule has 8 heteroatoms. The fourth-order valence-corrected chi connectivity index (χ4v) is 2.89. The van der Waals surface area contributed by atoms with Gasteiger partial charge in [0.25, 0.3) is 0 Å². The number of aryl methyl sites for hydroxylation is 2. The van der Waals surface area contributed by atoms with Crippen LogP contribution in [0, 0.1) is 17.0 Å². The summed E-state index contributed by atoms with van der Waals surface area (Å²) in [5, 5.41) is 11.8. The lowest BCUT2D eigenvalue weighted by molar-refractivity contribution is -0.389. The molecular weight excluding hydrogens is 328 g/mol. The maximum atomic E-state index is 10.8. The quantitative estimate of drug-likeness (QED) is 0.510. The molecule has 0 aromatic carbocycles. The Morgan fingerprint density at radius 1 is 1.29 bits per heavy atom. The molecule has 0 fully saturated rings. The largest absolute Gasteiger partial charge is 0.453 e. The molecule has 0 saturated heterocycles. The Morgan fingerprint density at radius 3 is 2.79 bits per heavy atom. The maximum Gasteiger partial charge on any atom is 0.363 e. The molecular formula is C16H14N4O3S. The van der Waals surface area contributed by atoms with Gasteiger partial charge in [-0.1, -0.05) is 6.92 Å². The van der Waals surface area contributed by atoms with Crippen molar-refractivity contribution in [3.63, 3.8) is 0 Å². The van der Waals surface area contributed by atoms with E-state index in [0.717, 1.165) is 15.6 Å². The van der Waals surface area contributed by atoms with Crippen molar-refractivity contribution >= 4 is 17.2 Å². The van der Waals surface area contributed by atoms with Crippen LogP contribution < -0.4 is 4.74 Å². The van der Waals surface area contributed by atoms with E-state index in [-0.39, 0.29) is 5.82 Å². The summed E-state index contributed by atoms with van der Waals surface area (Å²) in [5.74, 6) is 0.909. The molecule has 3 aromatic rings. The number of aromatic nitrogens is 3. The van der Waals surface area contributed by atoms with E-state index < -0.39 is 4.92 Å². The van der Waals surface area contributed by atoms with E-state index in [9.17, 15) is 10.1 Å². The predicted octanol–water partition coefficient (Wildman–Crippen LogP) is 4.17. The third-order valence-electron chi connectivity index (χ3n) is 3.27. The van der Waals surface area contributed by atoms with Gasteiger partial charge in [0.15, 0.2) is 11.4 Å². The van der Waals surface area contributed by atoms with Gasteiger partial charge in [-0.2, -0.15) is 0 Å². The number of nitrogens with zero attached hydrogens (tertiary/aromatic N) is 4. The average Bonchev–Trinajstić information content (AvgIpc) is 3.02. The van der Waals surface area contributed by atoms with Gasteiger partial charge in [0, 0.05) is 30.9 Å². The number of ether oxygens (including phenoxy) is 1. The molecule has 122 valence electrons. The van der Waals surface area contributed by atoms with Crippen molar-refractivity contribution in [3.05, 3.63) is 57.5 Å². The van der Waals surface area contributed by atoms with E-state index in [2.05, 4.69) is 15.0 Å². The minimum Gasteiger partial charge on any atom is -0.453 e. The normalized spacial score (nSPS) is 10.6. The average molecular weight is 342 g/mol. The molecule has 0 aliphatic heterocycles. The summed E-state index contributed by atoms with van der Waals surface area (Å²) >= 11 is 1.55. The SMILES string of the molecule is CCc1nc([N+](=O)[O-])ccc1Oc1ccnc(-c2cnc(C)s2)c1. The Bertz CT molecular complexity index is 895. The minimum atomic E-state index is -0.514. The molecule has 0 atom stereocenters. The molecule has 0 N–H and O–H groups in total. The molecule has 0 saturated carbocycles. The molecule has 7 nitrogen and oxygen atoms in total. The Hall–Kier alpha value is -2.87. The second-order valence-corrected chi connectivity index (χ2v) is 6.18. The van der Waals surface area contributed by atoms with Gasteiger partial charge in [-0.25, -0.2) is 4.98 Å². The van der Waals surface area contributed by atoms with Gasteiger partial charge in [0.2, 0.25) is 0 Å². The van der Waals surface area contributed by atoms with Crippen molar-refractivity contribution in [2.45, 2.75) is 20.3 Å². The topological polar surface area (TPSA) is 91.0 Å². The summed E-state index contributed by atoms with van der Waals surface area (Å²) in [6.07, 6.45) is 3.96. The number of nitro groups is 1. The summed E-state index contributed by atoms with van der Waals surface area (Å²) in [7, 11) is 0. The highest BCUT2D eigenvalue weighted by Gasteiger charge is 2.16. The monoisotopic (exact) mass is 342 g/mol. The number of thiazole rings is 1. The van der Waals surface area contributed by atoms with E-state index >= 15 is 0 Å². The van der Waals surface area contributed by atoms with Gasteiger partial charge in [0.05, 0.1) is 15.6 Å². The molecule has 0 aliphatic carbocycles. The van der Waals surface area contributed by atoms with Crippen molar-refractivity contribution in [2.75, 3.05) is 0 Å². The van der Waals surface area contributed by atoms with E-state index in [1.54, 1.807) is 35.9 Å². The summed E-state index contributed by atoms with van der Waals surface area (Å²) in [6, 6.07) is 6.45. The summed E-state index contributed by atoms with van der Waals surface area (Å²) < 4.78 is 5.86. The Kier molecular flexibility index (Phi) is 4.48. The van der Waals surface area contributed by atoms with Gasteiger partial charge in [-0.05, 0) is 29.0 Å². The molecule has 3 rings (SSSR count). The van der Waals surface area contributed by atoms with E-state index in [4.69, 9.17) is 4.74 Å². The van der Waals surface area contributed by atoms with Crippen molar-refractivity contribution in [1.29, 1.82) is 0 Å². The zero-order valence-electron chi connectivity index (χ0n) is 13.1. The molecule has 0 bridgehead atoms. The minimum absolute atomic E-state index is 0.185. The van der Waals surface area contributed by atoms with E-state index in [1.807, 2.05) is 19.9 Å². The van der Waals surface area contributed by atoms with Gasteiger partial charge >= 0.3 is 5.82 Å². The smallest absolute Gasteiger partial charge is 0.363 e. The highest BCUT2D eigenvalue weighted by atomic mass is 32.1. The third-order valence-corrected chi connectivity index (χ3v) is 4.21. The third kappa shape index (κ3) is 3.38. The molecule has 24 heavy (non-hydrogen) atoms. The summed E-state index contributed by atoms with van der Waals surface area (Å²) in [6.45, 7) is 3.81. The van der Waals surface area contributed by atoms with Crippen LogP contribution in [0.2, 0.25) is 0 Å². The van der Waals surface area contributed by atoms with Crippen LogP contribution in [-0.2, 0) is 6.42 Å². The number of pyridine rings is 2. The fraction of sp³-hybridized carbons (Fsp3) is 0.188. The van der Waals surface area contributed by atoms with Gasteiger partial charge < -0.3 is 14.9 Å². The first-order valence-corrected chi connectivity index (χ1v) is 8.09. The molecule has 0 unspecified atom stereocenters. The Morgan fingerprint density at radius 2 is 2.12 bits per heavy atom. The first-order valence-electron chi connectivity index (χ1n) is 7.28. The van der Waals surface area contributed by atoms with Gasteiger partial charge in [-0.15, -0.1) is 11.3 Å². The molecule has 3 heterocycles. The van der Waals surface area contributed by atoms with Crippen LogP contribution in [0.1, 0.15) is 17.6 Å². The van der Waals surface area contributed by atoms with Crippen molar-refractivity contribution < 1.29 is 9.66 Å². The highest BCUT2D eigenvalue weighted by molar-refractivity contribution is 7.15. The van der Waals surface area contributed by atoms with Crippen LogP contribution in [0.3, 0.4) is 0 Å². The van der Waals surface area contributed by atoms with Crippen molar-refractivity contribution in [2.24, 2.45) is 0 Å². The van der Waals surface area contributed by atoms with Gasteiger partial charge in [0.1, 0.15) is 5.75 Å². The lowest BCUT2D eigenvalue weighted by atomic mass is 10.2. The van der Waals surface area contributed by atoms with E-state index in [0.29, 0.717) is 23.6 Å². The summed E-state index contributed by atoms with van der Waals surface area (Å²) in [4.78, 5) is 23.8. The predicted molar refractivity (Wildman–Crippen MR) is 90.4 cm³/mol. The van der Waals surface area contributed by atoms with E-state index in [1.165, 1.54) is 6.07 Å². The lowest BCUT2D eigenvalue weighted by Gasteiger charge is -2.08. The number of hydrogen-bond donors (Lipinski definition) is 0. The lowest BCUT2D eigenvalue weighted by Crippen LogP contribution is -1.99. The molecule has 0 spiro atoms. The first-order chi connectivity index (χ1) is 11.6. The second kappa shape index (κ2) is 6.71. The standard InChI is InChI=1S/C16H14N4O3S/c1-3-12-14(4-5-16(19-12)20(21)22)23-11-6-7-17-13(8-11)15-9-18-10(2)24-15/h4-9H,3H2,1-2H3. The van der Waals surface area contributed by atoms with Crippen LogP contribution in [-0.4, -0.2) is 19.9 Å². The second-order valence-electron chi connectivity index (χ2n) is 4.95. The highest BCUT2D eigenvalue weighted by Crippen LogP contribution is 2.30. The van der Waals surface area contributed by atoms with Crippen LogP contribution in [0.15, 0.2) is 36.7 Å². The molecule has 0 aliphatic rings.